The number of hydrogen-bond acceptors (Lipinski definition) is 23. The molecule has 0 aliphatic carbocycles. The van der Waals surface area contributed by atoms with Crippen molar-refractivity contribution < 1.29 is 158 Å². The summed E-state index contributed by atoms with van der Waals surface area (Å²) in [7, 11) is 0. The van der Waals surface area contributed by atoms with Crippen molar-refractivity contribution in [1.29, 1.82) is 0 Å². The van der Waals surface area contributed by atoms with Crippen LogP contribution in [0.1, 0.15) is 13.8 Å². The summed E-state index contributed by atoms with van der Waals surface area (Å²) in [5.74, 6) is 0. The standard InChI is InChI=1S/C33H56NO23.Ac/c1-4-5-48-30-24(47)27(18(41)12(7-36)51-30)56-29-14(34)26(55-31-22(45)19(42)15(38)9(2)49-31)25(13(8-37)53-29)54-33-28(21(44)17(40)11(6-35)52-33)57-32-23(46)20(43)16(39)10(3)50-32;/h4,9-47H,1,5-8H2,2-3H3;/q-1;/t9?,10?,11?,12?,13?,14?,15-,16-,17+,18+,19?,20?,21?,22?,23?,24?,25+,26?,27?,28?,29+,30-,31+,32+,33+;/m1./s1. The van der Waals surface area contributed by atoms with Crippen molar-refractivity contribution in [3.63, 3.8) is 0 Å². The van der Waals surface area contributed by atoms with Gasteiger partial charge in [-0.3, -0.25) is 0 Å². The van der Waals surface area contributed by atoms with Gasteiger partial charge in [0.2, 0.25) is 0 Å². The number of aliphatic hydroxyl groups is 13. The fourth-order valence-electron chi connectivity index (χ4n) is 7.19. The van der Waals surface area contributed by atoms with E-state index in [1.54, 1.807) is 0 Å². The zero-order valence-electron chi connectivity index (χ0n) is 31.5. The Morgan fingerprint density at radius 2 is 0.914 bits per heavy atom. The molecule has 5 aliphatic heterocycles. The van der Waals surface area contributed by atoms with Gasteiger partial charge in [-0.1, -0.05) is 12.1 Å². The number of hydrogen-bond donors (Lipinski definition) is 13. The zero-order chi connectivity index (χ0) is 42.0. The van der Waals surface area contributed by atoms with Crippen LogP contribution in [0.25, 0.3) is 5.73 Å². The Morgan fingerprint density at radius 3 is 1.43 bits per heavy atom. The summed E-state index contributed by atoms with van der Waals surface area (Å²) in [6.07, 6.45) is -39.4. The first-order valence-electron chi connectivity index (χ1n) is 18.4. The van der Waals surface area contributed by atoms with Crippen molar-refractivity contribution in [2.45, 2.75) is 167 Å². The van der Waals surface area contributed by atoms with Crippen molar-refractivity contribution in [2.24, 2.45) is 0 Å². The topological polar surface area (TPSA) is 379 Å². The van der Waals surface area contributed by atoms with Crippen LogP contribution in [0, 0.1) is 44.1 Å². The summed E-state index contributed by atoms with van der Waals surface area (Å²) in [6, 6.07) is -1.87. The second-order valence-corrected chi connectivity index (χ2v) is 14.6. The van der Waals surface area contributed by atoms with Crippen LogP contribution in [0.15, 0.2) is 12.7 Å². The molecule has 0 bridgehead atoms. The summed E-state index contributed by atoms with van der Waals surface area (Å²) in [5.41, 5.74) is 9.24. The molecule has 5 aliphatic rings. The molecule has 0 aromatic carbocycles. The molecule has 0 amide bonds. The third-order valence-electron chi connectivity index (χ3n) is 10.6. The van der Waals surface area contributed by atoms with Gasteiger partial charge in [-0.05, 0) is 13.8 Å². The van der Waals surface area contributed by atoms with Crippen molar-refractivity contribution in [3.05, 3.63) is 18.4 Å². The van der Waals surface area contributed by atoms with Gasteiger partial charge in [0.25, 0.3) is 0 Å². The van der Waals surface area contributed by atoms with Crippen molar-refractivity contribution in [1.82, 2.24) is 0 Å². The van der Waals surface area contributed by atoms with Crippen LogP contribution >= 0.6 is 0 Å². The first-order valence-corrected chi connectivity index (χ1v) is 18.4. The summed E-state index contributed by atoms with van der Waals surface area (Å²) in [4.78, 5) is 0. The smallest absolute Gasteiger partial charge is 0.187 e. The van der Waals surface area contributed by atoms with E-state index in [2.05, 4.69) is 6.58 Å². The number of nitrogens with one attached hydrogen (secondary N) is 1. The molecule has 5 heterocycles. The quantitative estimate of drug-likeness (QED) is 0.0719. The Morgan fingerprint density at radius 1 is 0.466 bits per heavy atom. The van der Waals surface area contributed by atoms with Crippen LogP contribution in [-0.4, -0.2) is 246 Å². The van der Waals surface area contributed by atoms with Crippen LogP contribution in [0.3, 0.4) is 0 Å². The molecule has 5 fully saturated rings. The van der Waals surface area contributed by atoms with E-state index in [-0.39, 0.29) is 50.7 Å². The molecule has 25 heteroatoms. The molecule has 5 saturated heterocycles. The predicted molar refractivity (Wildman–Crippen MR) is 180 cm³/mol. The van der Waals surface area contributed by atoms with E-state index in [0.29, 0.717) is 0 Å². The largest absolute Gasteiger partial charge is 0.668 e. The van der Waals surface area contributed by atoms with Gasteiger partial charge in [0, 0.05) is 44.1 Å². The molecule has 14 N–H and O–H groups in total. The molecule has 15 unspecified atom stereocenters. The Hall–Kier alpha value is 0.222. The van der Waals surface area contributed by atoms with Crippen molar-refractivity contribution in [2.75, 3.05) is 26.4 Å². The van der Waals surface area contributed by atoms with Crippen LogP contribution in [0.5, 0.6) is 0 Å². The third kappa shape index (κ3) is 10.8. The SMILES string of the molecule is C=CCO[C@@H]1OC(CO)[C@H](O)C(O[C@@H]2OC(CO)[C@H](O[C@@H]3OC(CO)[C@H](O)C(O)C3O[C@@H]3OC(C)[C@@H](O)C(O)C3O)C(O[C@@H]3OC(C)[C@@H](O)C(O)C3O)C2[NH-])C1O.[Ac]. The number of ether oxygens (including phenoxy) is 10. The van der Waals surface area contributed by atoms with E-state index in [9.17, 15) is 72.1 Å². The molecule has 0 saturated carbocycles. The summed E-state index contributed by atoms with van der Waals surface area (Å²) < 4.78 is 57.5. The van der Waals surface area contributed by atoms with Gasteiger partial charge >= 0.3 is 0 Å². The molecule has 58 heavy (non-hydrogen) atoms. The molecule has 0 aromatic rings. The Balaban J connectivity index is 0.00000744. The van der Waals surface area contributed by atoms with Gasteiger partial charge in [0.15, 0.2) is 25.2 Å². The fourth-order valence-corrected chi connectivity index (χ4v) is 7.19. The molecular formula is C33H56AcNO23-. The van der Waals surface area contributed by atoms with E-state index in [1.165, 1.54) is 19.9 Å². The average molecular weight is 1060 g/mol. The minimum atomic E-state index is -1.98. The second kappa shape index (κ2) is 22.2. The summed E-state index contributed by atoms with van der Waals surface area (Å²) in [5, 5.41) is 137. The average Bonchev–Trinajstić information content (AvgIpc) is 3.19. The van der Waals surface area contributed by atoms with Gasteiger partial charge in [0.1, 0.15) is 104 Å². The first kappa shape index (κ1) is 50.9. The Kier molecular flexibility index (Phi) is 19.5. The molecule has 24 nitrogen and oxygen atoms in total. The molecule has 0 spiro atoms. The van der Waals surface area contributed by atoms with Crippen LogP contribution in [0.4, 0.5) is 0 Å². The number of rotatable bonds is 14. The summed E-state index contributed by atoms with van der Waals surface area (Å²) in [6.45, 7) is 3.47. The van der Waals surface area contributed by atoms with E-state index in [4.69, 9.17) is 47.4 Å². The van der Waals surface area contributed by atoms with Crippen molar-refractivity contribution in [3.8, 4) is 0 Å². The normalized spacial score (nSPS) is 51.5. The fraction of sp³-hybridized carbons (Fsp3) is 0.939. The van der Waals surface area contributed by atoms with Crippen LogP contribution in [0.2, 0.25) is 0 Å². The maximum Gasteiger partial charge on any atom is 0.187 e. The zero-order valence-corrected chi connectivity index (χ0v) is 36.3. The van der Waals surface area contributed by atoms with E-state index in [1.807, 2.05) is 0 Å². The summed E-state index contributed by atoms with van der Waals surface area (Å²) >= 11 is 0. The minimum Gasteiger partial charge on any atom is -0.668 e. The van der Waals surface area contributed by atoms with Crippen LogP contribution in [-0.2, 0) is 47.4 Å². The Labute approximate surface area is 368 Å². The maximum atomic E-state index is 11.2. The van der Waals surface area contributed by atoms with Gasteiger partial charge in [0.05, 0.1) is 44.7 Å². The van der Waals surface area contributed by atoms with Gasteiger partial charge in [-0.25, -0.2) is 0 Å². The third-order valence-corrected chi connectivity index (χ3v) is 10.6. The van der Waals surface area contributed by atoms with Crippen molar-refractivity contribution >= 4 is 0 Å². The van der Waals surface area contributed by atoms with Gasteiger partial charge < -0.3 is 119 Å². The molecule has 25 atom stereocenters. The molecule has 1 radical (unpaired) electrons. The van der Waals surface area contributed by atoms with Crippen LogP contribution < -0.4 is 0 Å². The number of aliphatic hydroxyl groups excluding tert-OH is 13. The van der Waals surface area contributed by atoms with Gasteiger partial charge in [-0.15, -0.1) is 6.58 Å². The second-order valence-electron chi connectivity index (χ2n) is 14.6. The first-order chi connectivity index (χ1) is 27.0. The van der Waals surface area contributed by atoms with Gasteiger partial charge in [-0.2, -0.15) is 0 Å². The molecular weight excluding hydrogens is 1010 g/mol. The van der Waals surface area contributed by atoms with E-state index < -0.39 is 173 Å². The predicted octanol–water partition coefficient (Wildman–Crippen LogP) is -7.60. The molecule has 335 valence electrons. The molecule has 0 aromatic heterocycles. The maximum absolute atomic E-state index is 11.2. The minimum absolute atomic E-state index is 0. The van der Waals surface area contributed by atoms with E-state index >= 15 is 0 Å². The van der Waals surface area contributed by atoms with E-state index in [0.717, 1.165) is 0 Å². The molecule has 5 rings (SSSR count). The monoisotopic (exact) mass is 1060 g/mol. The Bertz CT molecular complexity index is 1270.